The van der Waals surface area contributed by atoms with Crippen LogP contribution in [0.4, 0.5) is 0 Å². The molecule has 110 valence electrons. The topological polar surface area (TPSA) is 13.6 Å². The van der Waals surface area contributed by atoms with E-state index in [-0.39, 0.29) is 0 Å². The van der Waals surface area contributed by atoms with Crippen LogP contribution in [0, 0.1) is 6.57 Å². The maximum atomic E-state index is 7.98. The van der Waals surface area contributed by atoms with E-state index < -0.39 is 14.0 Å². The highest BCUT2D eigenvalue weighted by molar-refractivity contribution is 6.69. The van der Waals surface area contributed by atoms with Gasteiger partial charge in [0.15, 0.2) is 8.32 Å². The van der Waals surface area contributed by atoms with E-state index in [2.05, 4.69) is 36.6 Å². The molecule has 0 bridgehead atoms. The molecular weight excluding hydrogens is 286 g/mol. The van der Waals surface area contributed by atoms with Crippen LogP contribution in [0.5, 0.6) is 0 Å². The van der Waals surface area contributed by atoms with Crippen LogP contribution < -0.4 is 0 Å². The van der Waals surface area contributed by atoms with Gasteiger partial charge in [-0.2, -0.15) is 0 Å². The second-order valence-corrected chi connectivity index (χ2v) is 10.9. The molecule has 0 saturated carbocycles. The number of fused-ring (bicyclic) bond motifs is 2. The van der Waals surface area contributed by atoms with E-state index in [9.17, 15) is 0 Å². The number of benzene rings is 2. The smallest absolute Gasteiger partial charge is 0.343 e. The second kappa shape index (κ2) is 5.24. The summed E-state index contributed by atoms with van der Waals surface area (Å²) in [5.74, 6) is 0. The Balaban J connectivity index is 2.36. The van der Waals surface area contributed by atoms with E-state index in [4.69, 9.17) is 11.0 Å². The van der Waals surface area contributed by atoms with E-state index in [0.29, 0.717) is 0 Å². The summed E-state index contributed by atoms with van der Waals surface area (Å²) in [5, 5.41) is 0. The first-order valence-corrected chi connectivity index (χ1v) is 10.8. The zero-order valence-corrected chi connectivity index (χ0v) is 14.1. The normalized spacial score (nSPS) is 15.4. The summed E-state index contributed by atoms with van der Waals surface area (Å²) < 4.78 is 6.49. The van der Waals surface area contributed by atoms with Gasteiger partial charge in [0, 0.05) is 0 Å². The Hall–Kier alpha value is -2.15. The molecule has 0 saturated heterocycles. The largest absolute Gasteiger partial charge is 0.383 e. The van der Waals surface area contributed by atoms with Gasteiger partial charge in [0.25, 0.3) is 0 Å². The lowest BCUT2D eigenvalue weighted by atomic mass is 9.91. The van der Waals surface area contributed by atoms with Gasteiger partial charge in [-0.15, -0.1) is 0 Å². The molecule has 1 aliphatic rings. The Morgan fingerprint density at radius 2 is 1.32 bits per heavy atom. The zero-order valence-electron chi connectivity index (χ0n) is 13.1. The van der Waals surface area contributed by atoms with Gasteiger partial charge in [-0.3, -0.25) is 4.85 Å². The molecule has 0 unspecified atom stereocenters. The van der Waals surface area contributed by atoms with Crippen LogP contribution in [0.1, 0.15) is 22.3 Å². The molecule has 3 rings (SSSR count). The van der Waals surface area contributed by atoms with E-state index in [0.717, 1.165) is 22.3 Å². The number of hydrogen-bond acceptors (Lipinski definition) is 1. The SMILES string of the molecule is [C-]#[N+]C1(O[Si](C)(C)C)c2ccccc2C=Cc2ccccc21. The maximum absolute atomic E-state index is 7.98. The third kappa shape index (κ3) is 2.41. The molecule has 0 N–H and O–H groups in total. The van der Waals surface area contributed by atoms with Gasteiger partial charge in [-0.25, -0.2) is 6.57 Å². The van der Waals surface area contributed by atoms with E-state index in [1.807, 2.05) is 48.5 Å². The predicted octanol–water partition coefficient (Wildman–Crippen LogP) is 5.14. The molecule has 0 fully saturated rings. The van der Waals surface area contributed by atoms with Crippen molar-refractivity contribution in [1.82, 2.24) is 0 Å². The van der Waals surface area contributed by atoms with Crippen molar-refractivity contribution in [2.75, 3.05) is 0 Å². The highest BCUT2D eigenvalue weighted by Gasteiger charge is 2.49. The molecule has 0 heterocycles. The lowest BCUT2D eigenvalue weighted by molar-refractivity contribution is 0.152. The van der Waals surface area contributed by atoms with E-state index in [1.54, 1.807) is 0 Å². The molecular formula is C19H19NOSi. The summed E-state index contributed by atoms with van der Waals surface area (Å²) in [7, 11) is -1.94. The average Bonchev–Trinajstić information content (AvgIpc) is 2.63. The first-order chi connectivity index (χ1) is 10.5. The summed E-state index contributed by atoms with van der Waals surface area (Å²) in [6.07, 6.45) is 4.16. The molecule has 2 aromatic carbocycles. The first-order valence-electron chi connectivity index (χ1n) is 7.42. The molecule has 1 aliphatic carbocycles. The van der Waals surface area contributed by atoms with E-state index >= 15 is 0 Å². The van der Waals surface area contributed by atoms with Crippen molar-refractivity contribution >= 4 is 20.5 Å². The van der Waals surface area contributed by atoms with Crippen LogP contribution in [-0.2, 0) is 10.2 Å². The van der Waals surface area contributed by atoms with Crippen LogP contribution in [0.3, 0.4) is 0 Å². The van der Waals surface area contributed by atoms with Gasteiger partial charge in [0.2, 0.25) is 0 Å². The molecule has 0 aromatic heterocycles. The van der Waals surface area contributed by atoms with Crippen molar-refractivity contribution in [2.45, 2.75) is 25.4 Å². The quantitative estimate of drug-likeness (QED) is 0.553. The van der Waals surface area contributed by atoms with Gasteiger partial charge in [-0.05, 0) is 42.9 Å². The molecule has 0 amide bonds. The Kier molecular flexibility index (Phi) is 3.52. The summed E-state index contributed by atoms with van der Waals surface area (Å²) in [6, 6.07) is 16.1. The molecule has 2 aromatic rings. The highest BCUT2D eigenvalue weighted by Crippen LogP contribution is 2.43. The predicted molar refractivity (Wildman–Crippen MR) is 93.6 cm³/mol. The maximum Gasteiger partial charge on any atom is 0.383 e. The minimum atomic E-state index is -1.94. The summed E-state index contributed by atoms with van der Waals surface area (Å²) in [5.41, 5.74) is 2.92. The van der Waals surface area contributed by atoms with Crippen molar-refractivity contribution < 1.29 is 4.43 Å². The average molecular weight is 305 g/mol. The molecule has 3 heteroatoms. The van der Waals surface area contributed by atoms with Gasteiger partial charge >= 0.3 is 5.72 Å². The van der Waals surface area contributed by atoms with Gasteiger partial charge in [0.05, 0.1) is 11.1 Å². The van der Waals surface area contributed by atoms with Gasteiger partial charge in [0.1, 0.15) is 0 Å². The van der Waals surface area contributed by atoms with Crippen LogP contribution in [0.2, 0.25) is 19.6 Å². The van der Waals surface area contributed by atoms with Crippen LogP contribution in [0.25, 0.3) is 17.0 Å². The first kappa shape index (κ1) is 14.8. The fraction of sp³-hybridized carbons (Fsp3) is 0.211. The lowest BCUT2D eigenvalue weighted by Gasteiger charge is -2.30. The van der Waals surface area contributed by atoms with Crippen molar-refractivity contribution in [2.24, 2.45) is 0 Å². The monoisotopic (exact) mass is 305 g/mol. The minimum absolute atomic E-state index is 0.939. The minimum Gasteiger partial charge on any atom is -0.343 e. The molecule has 0 spiro atoms. The van der Waals surface area contributed by atoms with Gasteiger partial charge < -0.3 is 4.43 Å². The zero-order chi connectivity index (χ0) is 15.8. The molecule has 0 radical (unpaired) electrons. The Bertz CT molecular complexity index is 731. The number of rotatable bonds is 2. The lowest BCUT2D eigenvalue weighted by Crippen LogP contribution is -2.40. The van der Waals surface area contributed by atoms with Crippen LogP contribution in [0.15, 0.2) is 48.5 Å². The summed E-state index contributed by atoms with van der Waals surface area (Å²) in [4.78, 5) is 4.03. The molecule has 0 aliphatic heterocycles. The third-order valence-corrected chi connectivity index (χ3v) is 4.61. The Morgan fingerprint density at radius 3 is 1.73 bits per heavy atom. The standard InChI is InChI=1S/C19H19NOSi/c1-20-19(21-22(2,3)4)17-11-7-5-9-15(17)13-14-16-10-6-8-12-18(16)19/h5-14H,2-4H3. The van der Waals surface area contributed by atoms with Crippen LogP contribution >= 0.6 is 0 Å². The molecule has 0 atom stereocenters. The van der Waals surface area contributed by atoms with Crippen molar-refractivity contribution in [3.05, 3.63) is 82.2 Å². The van der Waals surface area contributed by atoms with E-state index in [1.165, 1.54) is 0 Å². The van der Waals surface area contributed by atoms with Crippen molar-refractivity contribution in [3.8, 4) is 0 Å². The van der Waals surface area contributed by atoms with Gasteiger partial charge in [-0.1, -0.05) is 48.6 Å². The summed E-state index contributed by atoms with van der Waals surface area (Å²) >= 11 is 0. The van der Waals surface area contributed by atoms with Crippen LogP contribution in [-0.4, -0.2) is 8.32 Å². The third-order valence-electron chi connectivity index (χ3n) is 3.71. The Morgan fingerprint density at radius 1 is 0.864 bits per heavy atom. The fourth-order valence-corrected chi connectivity index (χ4v) is 4.07. The number of nitrogens with zero attached hydrogens (tertiary/aromatic N) is 1. The second-order valence-electron chi connectivity index (χ2n) is 6.48. The summed E-state index contributed by atoms with van der Waals surface area (Å²) in [6.45, 7) is 14.4. The molecule has 22 heavy (non-hydrogen) atoms. The number of hydrogen-bond donors (Lipinski definition) is 0. The fourth-order valence-electron chi connectivity index (χ4n) is 2.92. The molecule has 2 nitrogen and oxygen atoms in total. The van der Waals surface area contributed by atoms with Crippen molar-refractivity contribution in [1.29, 1.82) is 0 Å². The highest BCUT2D eigenvalue weighted by atomic mass is 28.4. The Labute approximate surface area is 133 Å². The van der Waals surface area contributed by atoms with Crippen molar-refractivity contribution in [3.63, 3.8) is 0 Å².